The number of phenolic OH excluding ortho intramolecular Hbond substituents is 1. The first-order valence-electron chi connectivity index (χ1n) is 11.1. The number of aromatic nitrogens is 5. The van der Waals surface area contributed by atoms with E-state index in [2.05, 4.69) is 37.4 Å². The van der Waals surface area contributed by atoms with Crippen molar-refractivity contribution in [2.45, 2.75) is 50.2 Å². The summed E-state index contributed by atoms with van der Waals surface area (Å²) >= 11 is 0. The van der Waals surface area contributed by atoms with E-state index in [9.17, 15) is 5.11 Å². The van der Waals surface area contributed by atoms with Crippen molar-refractivity contribution in [3.8, 4) is 28.1 Å². The lowest BCUT2D eigenvalue weighted by atomic mass is 9.84. The van der Waals surface area contributed by atoms with E-state index in [1.54, 1.807) is 16.9 Å². The summed E-state index contributed by atoms with van der Waals surface area (Å²) in [5, 5.41) is 28.8. The van der Waals surface area contributed by atoms with Crippen LogP contribution in [-0.2, 0) is 7.05 Å². The van der Waals surface area contributed by atoms with E-state index in [0.29, 0.717) is 29.4 Å². The van der Waals surface area contributed by atoms with Gasteiger partial charge in [0.25, 0.3) is 0 Å². The van der Waals surface area contributed by atoms with E-state index in [1.807, 2.05) is 31.4 Å². The minimum absolute atomic E-state index is 0.195. The lowest BCUT2D eigenvalue weighted by molar-refractivity contribution is 0.190. The fraction of sp³-hybridized carbons (Fsp3) is 0.375. The molecule has 2 atom stereocenters. The van der Waals surface area contributed by atoms with Crippen LogP contribution in [0.5, 0.6) is 5.75 Å². The van der Waals surface area contributed by atoms with Crippen LogP contribution in [0.15, 0.2) is 48.9 Å². The Hall–Kier alpha value is -3.19. The smallest absolute Gasteiger partial charge is 0.162 e. The molecule has 6 rings (SSSR count). The van der Waals surface area contributed by atoms with Crippen LogP contribution < -0.4 is 5.32 Å². The van der Waals surface area contributed by atoms with Crippen LogP contribution in [0.25, 0.3) is 33.4 Å². The van der Waals surface area contributed by atoms with Gasteiger partial charge in [-0.25, -0.2) is 0 Å². The van der Waals surface area contributed by atoms with E-state index in [-0.39, 0.29) is 5.75 Å². The molecule has 2 bridgehead atoms. The van der Waals surface area contributed by atoms with Crippen LogP contribution in [0.2, 0.25) is 0 Å². The Morgan fingerprint density at radius 2 is 1.87 bits per heavy atom. The summed E-state index contributed by atoms with van der Waals surface area (Å²) in [5.74, 6) is 0.195. The number of hydrogen-bond acceptors (Lipinski definition) is 5. The molecule has 3 aromatic heterocycles. The molecule has 31 heavy (non-hydrogen) atoms. The van der Waals surface area contributed by atoms with Crippen LogP contribution in [0.1, 0.15) is 38.1 Å². The van der Waals surface area contributed by atoms with Gasteiger partial charge in [-0.05, 0) is 55.5 Å². The van der Waals surface area contributed by atoms with Crippen molar-refractivity contribution in [1.82, 2.24) is 29.9 Å². The summed E-state index contributed by atoms with van der Waals surface area (Å²) in [7, 11) is 1.88. The van der Waals surface area contributed by atoms with Crippen molar-refractivity contribution >= 4 is 11.0 Å². The summed E-state index contributed by atoms with van der Waals surface area (Å²) in [4.78, 5) is 0. The zero-order valence-electron chi connectivity index (χ0n) is 17.6. The normalized spacial score (nSPS) is 23.3. The Labute approximate surface area is 180 Å². The highest BCUT2D eigenvalue weighted by Gasteiger charge is 2.32. The van der Waals surface area contributed by atoms with E-state index in [0.717, 1.165) is 35.0 Å². The Kier molecular flexibility index (Phi) is 4.31. The molecule has 2 N–H and O–H groups in total. The monoisotopic (exact) mass is 414 g/mol. The molecule has 2 fully saturated rings. The molecule has 2 aliphatic rings. The first kappa shape index (κ1) is 18.6. The van der Waals surface area contributed by atoms with Crippen LogP contribution in [-0.4, -0.2) is 41.7 Å². The van der Waals surface area contributed by atoms with Gasteiger partial charge in [-0.2, -0.15) is 5.10 Å². The molecule has 0 radical (unpaired) electrons. The molecule has 1 aromatic carbocycles. The SMILES string of the molecule is Cn1cc(-c2ccc(-c3cc4ccn(C5CC6CCCC(C5)N6)c4nn3)c(O)c2)cn1. The average molecular weight is 415 g/mol. The van der Waals surface area contributed by atoms with Gasteiger partial charge in [0, 0.05) is 54.1 Å². The van der Waals surface area contributed by atoms with Gasteiger partial charge in [0.1, 0.15) is 5.75 Å². The number of piperidine rings is 2. The second-order valence-electron chi connectivity index (χ2n) is 8.98. The molecule has 2 unspecified atom stereocenters. The molecule has 2 aliphatic heterocycles. The van der Waals surface area contributed by atoms with E-state index in [4.69, 9.17) is 0 Å². The summed E-state index contributed by atoms with van der Waals surface area (Å²) in [6.07, 6.45) is 12.1. The van der Waals surface area contributed by atoms with Crippen molar-refractivity contribution in [2.24, 2.45) is 7.05 Å². The van der Waals surface area contributed by atoms with Gasteiger partial charge in [-0.3, -0.25) is 4.68 Å². The highest BCUT2D eigenvalue weighted by Crippen LogP contribution is 2.36. The molecule has 0 saturated carbocycles. The zero-order valence-corrected chi connectivity index (χ0v) is 17.6. The molecule has 2 saturated heterocycles. The van der Waals surface area contributed by atoms with Crippen LogP contribution in [0.3, 0.4) is 0 Å². The van der Waals surface area contributed by atoms with Crippen LogP contribution >= 0.6 is 0 Å². The number of aromatic hydroxyl groups is 1. The minimum atomic E-state index is 0.195. The van der Waals surface area contributed by atoms with Gasteiger partial charge >= 0.3 is 0 Å². The molecular formula is C24H26N6O. The number of fused-ring (bicyclic) bond motifs is 3. The third-order valence-electron chi connectivity index (χ3n) is 6.86. The molecule has 158 valence electrons. The highest BCUT2D eigenvalue weighted by molar-refractivity contribution is 5.82. The number of benzene rings is 1. The second kappa shape index (κ2) is 7.20. The average Bonchev–Trinajstić information content (AvgIpc) is 3.39. The topological polar surface area (TPSA) is 80.8 Å². The molecule has 7 nitrogen and oxygen atoms in total. The Bertz CT molecular complexity index is 1250. The van der Waals surface area contributed by atoms with Crippen molar-refractivity contribution in [2.75, 3.05) is 0 Å². The highest BCUT2D eigenvalue weighted by atomic mass is 16.3. The number of rotatable bonds is 3. The summed E-state index contributed by atoms with van der Waals surface area (Å²) in [6, 6.07) is 11.5. The van der Waals surface area contributed by atoms with Gasteiger partial charge in [0.2, 0.25) is 0 Å². The van der Waals surface area contributed by atoms with E-state index in [1.165, 1.54) is 19.3 Å². The Morgan fingerprint density at radius 3 is 2.61 bits per heavy atom. The van der Waals surface area contributed by atoms with Gasteiger partial charge in [-0.1, -0.05) is 12.5 Å². The maximum atomic E-state index is 10.7. The molecule has 4 aromatic rings. The second-order valence-corrected chi connectivity index (χ2v) is 8.98. The van der Waals surface area contributed by atoms with Crippen molar-refractivity contribution in [1.29, 1.82) is 0 Å². The minimum Gasteiger partial charge on any atom is -0.507 e. The summed E-state index contributed by atoms with van der Waals surface area (Å²) < 4.78 is 4.06. The quantitative estimate of drug-likeness (QED) is 0.529. The van der Waals surface area contributed by atoms with Gasteiger partial charge < -0.3 is 15.0 Å². The van der Waals surface area contributed by atoms with Crippen LogP contribution in [0.4, 0.5) is 0 Å². The lowest BCUT2D eigenvalue weighted by Gasteiger charge is -2.40. The number of aryl methyl sites for hydroxylation is 1. The van der Waals surface area contributed by atoms with Crippen molar-refractivity contribution in [3.63, 3.8) is 0 Å². The molecule has 0 spiro atoms. The predicted octanol–water partition coefficient (Wildman–Crippen LogP) is 4.05. The summed E-state index contributed by atoms with van der Waals surface area (Å²) in [5.41, 5.74) is 4.19. The molecule has 0 aliphatic carbocycles. The third-order valence-corrected chi connectivity index (χ3v) is 6.86. The number of nitrogens with zero attached hydrogens (tertiary/aromatic N) is 5. The third kappa shape index (κ3) is 3.29. The standard InChI is InChI=1S/C24H26N6O/c1-29-14-17(13-25-29)15-5-6-21(23(31)10-15)22-9-16-7-8-30(24(16)28-27-22)20-11-18-3-2-4-19(12-20)26-18/h5-10,13-14,18-20,26,31H,2-4,11-12H2,1H3. The molecular weight excluding hydrogens is 388 g/mol. The first-order chi connectivity index (χ1) is 15.1. The molecule has 7 heteroatoms. The number of nitrogens with one attached hydrogen (secondary N) is 1. The van der Waals surface area contributed by atoms with E-state index < -0.39 is 0 Å². The summed E-state index contributed by atoms with van der Waals surface area (Å²) in [6.45, 7) is 0. The first-order valence-corrected chi connectivity index (χ1v) is 11.1. The Balaban J connectivity index is 1.31. The molecule has 0 amide bonds. The Morgan fingerprint density at radius 1 is 1.03 bits per heavy atom. The van der Waals surface area contributed by atoms with Gasteiger partial charge in [0.15, 0.2) is 5.65 Å². The largest absolute Gasteiger partial charge is 0.507 e. The molecule has 5 heterocycles. The van der Waals surface area contributed by atoms with Gasteiger partial charge in [-0.15, -0.1) is 10.2 Å². The van der Waals surface area contributed by atoms with Crippen molar-refractivity contribution < 1.29 is 5.11 Å². The van der Waals surface area contributed by atoms with Gasteiger partial charge in [0.05, 0.1) is 11.9 Å². The maximum absolute atomic E-state index is 10.7. The zero-order chi connectivity index (χ0) is 20.9. The predicted molar refractivity (Wildman–Crippen MR) is 120 cm³/mol. The van der Waals surface area contributed by atoms with Crippen LogP contribution in [0, 0.1) is 0 Å². The lowest BCUT2D eigenvalue weighted by Crippen LogP contribution is -2.48. The van der Waals surface area contributed by atoms with E-state index >= 15 is 0 Å². The fourth-order valence-corrected chi connectivity index (χ4v) is 5.34. The van der Waals surface area contributed by atoms with Crippen molar-refractivity contribution in [3.05, 3.63) is 48.9 Å². The maximum Gasteiger partial charge on any atom is 0.162 e. The fourth-order valence-electron chi connectivity index (χ4n) is 5.34. The number of phenols is 1. The number of hydrogen-bond donors (Lipinski definition) is 2.